The fourth-order valence-corrected chi connectivity index (χ4v) is 2.53. The molecule has 1 aliphatic rings. The second-order valence-electron chi connectivity index (χ2n) is 5.92. The highest BCUT2D eigenvalue weighted by atomic mass is 16.3. The third-order valence-electron chi connectivity index (χ3n) is 4.21. The summed E-state index contributed by atoms with van der Waals surface area (Å²) in [5.74, 6) is 1.23. The van der Waals surface area contributed by atoms with Crippen LogP contribution in [0.1, 0.15) is 33.1 Å². The molecule has 3 nitrogen and oxygen atoms in total. The highest BCUT2D eigenvalue weighted by molar-refractivity contribution is 4.74. The lowest BCUT2D eigenvalue weighted by molar-refractivity contribution is 0.0671. The van der Waals surface area contributed by atoms with Crippen LogP contribution in [0.5, 0.6) is 0 Å². The van der Waals surface area contributed by atoms with Gasteiger partial charge in [-0.1, -0.05) is 20.3 Å². The maximum atomic E-state index is 10.0. The first-order chi connectivity index (χ1) is 8.02. The Labute approximate surface area is 107 Å². The number of aliphatic hydroxyl groups excluding tert-OH is 1. The molecule has 17 heavy (non-hydrogen) atoms. The van der Waals surface area contributed by atoms with Gasteiger partial charge in [0.15, 0.2) is 0 Å². The minimum atomic E-state index is -0.170. The van der Waals surface area contributed by atoms with E-state index in [0.29, 0.717) is 5.92 Å². The summed E-state index contributed by atoms with van der Waals surface area (Å²) in [7, 11) is 4.34. The number of hydrogen-bond acceptors (Lipinski definition) is 3. The lowest BCUT2D eigenvalue weighted by Crippen LogP contribution is -2.39. The van der Waals surface area contributed by atoms with Crippen molar-refractivity contribution in [2.45, 2.75) is 39.2 Å². The van der Waals surface area contributed by atoms with Crippen LogP contribution in [-0.2, 0) is 0 Å². The van der Waals surface area contributed by atoms with Crippen LogP contribution < -0.4 is 0 Å². The van der Waals surface area contributed by atoms with Gasteiger partial charge >= 0.3 is 0 Å². The molecule has 1 saturated heterocycles. The lowest BCUT2D eigenvalue weighted by Gasteiger charge is -2.32. The van der Waals surface area contributed by atoms with Crippen molar-refractivity contribution in [2.75, 3.05) is 40.3 Å². The first-order valence-corrected chi connectivity index (χ1v) is 7.08. The summed E-state index contributed by atoms with van der Waals surface area (Å²) in [4.78, 5) is 4.72. The van der Waals surface area contributed by atoms with Crippen molar-refractivity contribution in [1.29, 1.82) is 0 Å². The van der Waals surface area contributed by atoms with Gasteiger partial charge in [0.05, 0.1) is 6.10 Å². The number of aliphatic hydroxyl groups is 1. The Morgan fingerprint density at radius 3 is 2.47 bits per heavy atom. The zero-order chi connectivity index (χ0) is 12.8. The monoisotopic (exact) mass is 242 g/mol. The van der Waals surface area contributed by atoms with Crippen molar-refractivity contribution in [2.24, 2.45) is 11.8 Å². The quantitative estimate of drug-likeness (QED) is 0.767. The second-order valence-corrected chi connectivity index (χ2v) is 5.92. The van der Waals surface area contributed by atoms with E-state index in [2.05, 4.69) is 37.7 Å². The molecule has 2 atom stereocenters. The van der Waals surface area contributed by atoms with Crippen molar-refractivity contribution in [3.8, 4) is 0 Å². The van der Waals surface area contributed by atoms with Gasteiger partial charge in [-0.05, 0) is 51.9 Å². The first kappa shape index (κ1) is 14.9. The molecule has 0 aromatic heterocycles. The molecule has 0 spiro atoms. The van der Waals surface area contributed by atoms with Gasteiger partial charge in [0.1, 0.15) is 0 Å². The fraction of sp³-hybridized carbons (Fsp3) is 1.00. The molecule has 0 amide bonds. The molecule has 0 saturated carbocycles. The van der Waals surface area contributed by atoms with E-state index in [4.69, 9.17) is 0 Å². The zero-order valence-electron chi connectivity index (χ0n) is 12.0. The maximum Gasteiger partial charge on any atom is 0.0692 e. The summed E-state index contributed by atoms with van der Waals surface area (Å²) in [6.07, 6.45) is 3.50. The molecule has 1 fully saturated rings. The van der Waals surface area contributed by atoms with Crippen LogP contribution in [0, 0.1) is 11.8 Å². The molecule has 2 unspecified atom stereocenters. The van der Waals surface area contributed by atoms with E-state index in [0.717, 1.165) is 25.4 Å². The average Bonchev–Trinajstić information content (AvgIpc) is 2.30. The Bertz CT molecular complexity index is 202. The number of likely N-dealkylation sites (tertiary alicyclic amines) is 1. The summed E-state index contributed by atoms with van der Waals surface area (Å²) >= 11 is 0. The minimum Gasteiger partial charge on any atom is -0.392 e. The van der Waals surface area contributed by atoms with Crippen LogP contribution in [0.2, 0.25) is 0 Å². The van der Waals surface area contributed by atoms with E-state index >= 15 is 0 Å². The Morgan fingerprint density at radius 2 is 1.94 bits per heavy atom. The Morgan fingerprint density at radius 1 is 1.35 bits per heavy atom. The number of piperidine rings is 1. The van der Waals surface area contributed by atoms with Crippen LogP contribution >= 0.6 is 0 Å². The van der Waals surface area contributed by atoms with Gasteiger partial charge in [-0.2, -0.15) is 0 Å². The highest BCUT2D eigenvalue weighted by Gasteiger charge is 2.20. The third-order valence-corrected chi connectivity index (χ3v) is 4.21. The Hall–Kier alpha value is -0.120. The SMILES string of the molecule is CCC(C)C(O)CN(C)CC1CCN(C)CC1. The molecule has 0 bridgehead atoms. The Kier molecular flexibility index (Phi) is 6.45. The molecule has 0 aliphatic carbocycles. The van der Waals surface area contributed by atoms with E-state index in [1.54, 1.807) is 0 Å². The van der Waals surface area contributed by atoms with Crippen LogP contribution in [0.3, 0.4) is 0 Å². The number of nitrogens with zero attached hydrogens (tertiary/aromatic N) is 2. The van der Waals surface area contributed by atoms with Gasteiger partial charge in [0.2, 0.25) is 0 Å². The number of hydrogen-bond donors (Lipinski definition) is 1. The van der Waals surface area contributed by atoms with Crippen molar-refractivity contribution < 1.29 is 5.11 Å². The van der Waals surface area contributed by atoms with Crippen LogP contribution in [0.15, 0.2) is 0 Å². The van der Waals surface area contributed by atoms with Gasteiger partial charge in [-0.15, -0.1) is 0 Å². The van der Waals surface area contributed by atoms with Crippen molar-refractivity contribution >= 4 is 0 Å². The molecular formula is C14H30N2O. The molecular weight excluding hydrogens is 212 g/mol. The van der Waals surface area contributed by atoms with E-state index in [1.165, 1.54) is 25.9 Å². The average molecular weight is 242 g/mol. The molecule has 1 heterocycles. The summed E-state index contributed by atoms with van der Waals surface area (Å²) in [5.41, 5.74) is 0. The van der Waals surface area contributed by atoms with E-state index in [1.807, 2.05) is 0 Å². The molecule has 102 valence electrons. The molecule has 1 aliphatic heterocycles. The lowest BCUT2D eigenvalue weighted by atomic mass is 9.96. The summed E-state index contributed by atoms with van der Waals surface area (Å²) in [6.45, 7) is 8.69. The zero-order valence-corrected chi connectivity index (χ0v) is 12.0. The molecule has 1 rings (SSSR count). The normalized spacial score (nSPS) is 22.9. The molecule has 0 aromatic carbocycles. The van der Waals surface area contributed by atoms with Gasteiger partial charge in [-0.25, -0.2) is 0 Å². The predicted octanol–water partition coefficient (Wildman–Crippen LogP) is 1.67. The molecule has 3 heteroatoms. The summed E-state index contributed by atoms with van der Waals surface area (Å²) in [6, 6.07) is 0. The summed E-state index contributed by atoms with van der Waals surface area (Å²) in [5, 5.41) is 10.0. The highest BCUT2D eigenvalue weighted by Crippen LogP contribution is 2.17. The van der Waals surface area contributed by atoms with Crippen molar-refractivity contribution in [3.63, 3.8) is 0 Å². The molecule has 0 aromatic rings. The van der Waals surface area contributed by atoms with Gasteiger partial charge in [-0.3, -0.25) is 0 Å². The second kappa shape index (κ2) is 7.34. The third kappa shape index (κ3) is 5.36. The van der Waals surface area contributed by atoms with E-state index < -0.39 is 0 Å². The smallest absolute Gasteiger partial charge is 0.0692 e. The minimum absolute atomic E-state index is 0.170. The largest absolute Gasteiger partial charge is 0.392 e. The van der Waals surface area contributed by atoms with Crippen LogP contribution in [0.25, 0.3) is 0 Å². The van der Waals surface area contributed by atoms with Crippen LogP contribution in [-0.4, -0.2) is 61.3 Å². The van der Waals surface area contributed by atoms with Gasteiger partial charge < -0.3 is 14.9 Å². The van der Waals surface area contributed by atoms with Gasteiger partial charge in [0, 0.05) is 13.1 Å². The number of likely N-dealkylation sites (N-methyl/N-ethyl adjacent to an activating group) is 1. The van der Waals surface area contributed by atoms with E-state index in [-0.39, 0.29) is 6.10 Å². The molecule has 1 N–H and O–H groups in total. The van der Waals surface area contributed by atoms with Crippen molar-refractivity contribution in [3.05, 3.63) is 0 Å². The van der Waals surface area contributed by atoms with Crippen LogP contribution in [0.4, 0.5) is 0 Å². The topological polar surface area (TPSA) is 26.7 Å². The maximum absolute atomic E-state index is 10.0. The van der Waals surface area contributed by atoms with Gasteiger partial charge in [0.25, 0.3) is 0 Å². The van der Waals surface area contributed by atoms with Crippen molar-refractivity contribution in [1.82, 2.24) is 9.80 Å². The fourth-order valence-electron chi connectivity index (χ4n) is 2.53. The first-order valence-electron chi connectivity index (χ1n) is 7.08. The standard InChI is InChI=1S/C14H30N2O/c1-5-12(2)14(17)11-16(4)10-13-6-8-15(3)9-7-13/h12-14,17H,5-11H2,1-4H3. The number of rotatable bonds is 6. The predicted molar refractivity (Wildman–Crippen MR) is 73.2 cm³/mol. The van der Waals surface area contributed by atoms with E-state index in [9.17, 15) is 5.11 Å². The Balaban J connectivity index is 2.22. The molecule has 0 radical (unpaired) electrons. The summed E-state index contributed by atoms with van der Waals surface area (Å²) < 4.78 is 0.